The molecule has 7 heteroatoms. The molecule has 0 bridgehead atoms. The maximum Gasteiger partial charge on any atom is 0.237 e. The lowest BCUT2D eigenvalue weighted by Crippen LogP contribution is -2.28. The summed E-state index contributed by atoms with van der Waals surface area (Å²) in [6.07, 6.45) is 1.64. The highest BCUT2D eigenvalue weighted by atomic mass is 32.2. The van der Waals surface area contributed by atoms with Crippen molar-refractivity contribution in [2.75, 3.05) is 25.5 Å². The molecule has 136 valence electrons. The molecule has 2 heterocycles. The normalized spacial score (nSPS) is 20.5. The quantitative estimate of drug-likeness (QED) is 0.801. The van der Waals surface area contributed by atoms with E-state index in [4.69, 9.17) is 9.47 Å². The van der Waals surface area contributed by atoms with Crippen LogP contribution in [0.2, 0.25) is 0 Å². The summed E-state index contributed by atoms with van der Waals surface area (Å²) < 4.78 is 38.4. The van der Waals surface area contributed by atoms with Crippen LogP contribution in [0.5, 0.6) is 11.5 Å². The van der Waals surface area contributed by atoms with E-state index in [-0.39, 0.29) is 5.37 Å². The predicted octanol–water partition coefficient (Wildman–Crippen LogP) is 3.51. The van der Waals surface area contributed by atoms with Crippen molar-refractivity contribution in [2.24, 2.45) is 0 Å². The summed E-state index contributed by atoms with van der Waals surface area (Å²) in [4.78, 5) is 0. The highest BCUT2D eigenvalue weighted by Crippen LogP contribution is 2.43. The molecular formula is C19H19NO4S2. The van der Waals surface area contributed by atoms with Gasteiger partial charge >= 0.3 is 0 Å². The van der Waals surface area contributed by atoms with Gasteiger partial charge in [0, 0.05) is 17.7 Å². The predicted molar refractivity (Wildman–Crippen MR) is 104 cm³/mol. The molecule has 2 aromatic carbocycles. The van der Waals surface area contributed by atoms with E-state index in [0.717, 1.165) is 16.9 Å². The third kappa shape index (κ3) is 3.60. The van der Waals surface area contributed by atoms with Gasteiger partial charge in [-0.15, -0.1) is 11.8 Å². The maximum absolute atomic E-state index is 12.8. The van der Waals surface area contributed by atoms with Crippen molar-refractivity contribution in [3.8, 4) is 11.5 Å². The molecule has 2 aliphatic heterocycles. The topological polar surface area (TPSA) is 55.8 Å². The van der Waals surface area contributed by atoms with Crippen molar-refractivity contribution in [3.05, 3.63) is 65.1 Å². The highest BCUT2D eigenvalue weighted by Gasteiger charge is 2.35. The summed E-state index contributed by atoms with van der Waals surface area (Å²) >= 11 is 1.62. The average molecular weight is 389 g/mol. The fourth-order valence-electron chi connectivity index (χ4n) is 3.00. The molecular weight excluding hydrogens is 370 g/mol. The Labute approximate surface area is 157 Å². The fourth-order valence-corrected chi connectivity index (χ4v) is 6.01. The van der Waals surface area contributed by atoms with Gasteiger partial charge in [-0.05, 0) is 29.3 Å². The van der Waals surface area contributed by atoms with E-state index in [2.05, 4.69) is 0 Å². The molecule has 26 heavy (non-hydrogen) atoms. The molecule has 0 N–H and O–H groups in total. The van der Waals surface area contributed by atoms with E-state index in [1.54, 1.807) is 22.1 Å². The van der Waals surface area contributed by atoms with Crippen LogP contribution in [0, 0.1) is 0 Å². The zero-order valence-electron chi connectivity index (χ0n) is 14.1. The zero-order chi connectivity index (χ0) is 18.0. The van der Waals surface area contributed by atoms with Gasteiger partial charge in [-0.2, -0.15) is 4.31 Å². The molecule has 0 aromatic heterocycles. The molecule has 1 fully saturated rings. The molecule has 2 aromatic rings. The van der Waals surface area contributed by atoms with Crippen molar-refractivity contribution in [3.63, 3.8) is 0 Å². The van der Waals surface area contributed by atoms with Crippen LogP contribution in [-0.4, -0.2) is 38.2 Å². The van der Waals surface area contributed by atoms with E-state index in [9.17, 15) is 8.42 Å². The van der Waals surface area contributed by atoms with Gasteiger partial charge in [-0.25, -0.2) is 8.42 Å². The van der Waals surface area contributed by atoms with Crippen LogP contribution >= 0.6 is 11.8 Å². The fraction of sp³-hybridized carbons (Fsp3) is 0.263. The van der Waals surface area contributed by atoms with Gasteiger partial charge in [-0.1, -0.05) is 36.4 Å². The second-order valence-corrected chi connectivity index (χ2v) is 8.95. The Morgan fingerprint density at radius 2 is 1.81 bits per heavy atom. The lowest BCUT2D eigenvalue weighted by atomic mass is 10.2. The van der Waals surface area contributed by atoms with Crippen LogP contribution in [0.15, 0.2) is 53.9 Å². The number of sulfonamides is 1. The smallest absolute Gasteiger partial charge is 0.237 e. The van der Waals surface area contributed by atoms with Crippen molar-refractivity contribution in [1.29, 1.82) is 0 Å². The van der Waals surface area contributed by atoms with E-state index >= 15 is 0 Å². The summed E-state index contributed by atoms with van der Waals surface area (Å²) in [7, 11) is -3.52. The Bertz CT molecular complexity index is 912. The molecule has 0 spiro atoms. The molecule has 0 saturated carbocycles. The van der Waals surface area contributed by atoms with Crippen LogP contribution in [-0.2, 0) is 10.0 Å². The van der Waals surface area contributed by atoms with Crippen molar-refractivity contribution < 1.29 is 17.9 Å². The average Bonchev–Trinajstić information content (AvgIpc) is 3.18. The van der Waals surface area contributed by atoms with Gasteiger partial charge in [0.1, 0.15) is 13.2 Å². The van der Waals surface area contributed by atoms with E-state index in [1.165, 1.54) is 5.41 Å². The van der Waals surface area contributed by atoms with Crippen LogP contribution in [0.1, 0.15) is 16.5 Å². The molecule has 1 atom stereocenters. The number of ether oxygens (including phenoxy) is 2. The van der Waals surface area contributed by atoms with Gasteiger partial charge in [0.25, 0.3) is 0 Å². The molecule has 1 unspecified atom stereocenters. The van der Waals surface area contributed by atoms with Crippen molar-refractivity contribution >= 4 is 27.9 Å². The molecule has 4 rings (SSSR count). The highest BCUT2D eigenvalue weighted by molar-refractivity contribution is 8.01. The number of hydrogen-bond donors (Lipinski definition) is 0. The van der Waals surface area contributed by atoms with E-state index < -0.39 is 10.0 Å². The zero-order valence-corrected chi connectivity index (χ0v) is 15.7. The van der Waals surface area contributed by atoms with Gasteiger partial charge in [-0.3, -0.25) is 0 Å². The summed E-state index contributed by atoms with van der Waals surface area (Å²) in [6.45, 7) is 1.54. The summed E-state index contributed by atoms with van der Waals surface area (Å²) in [5, 5.41) is 1.04. The number of rotatable bonds is 4. The number of hydrogen-bond acceptors (Lipinski definition) is 5. The van der Waals surface area contributed by atoms with E-state index in [1.807, 2.05) is 48.5 Å². The second kappa shape index (κ2) is 7.34. The number of nitrogens with zero attached hydrogens (tertiary/aromatic N) is 1. The van der Waals surface area contributed by atoms with Crippen molar-refractivity contribution in [1.82, 2.24) is 4.31 Å². The number of thioether (sulfide) groups is 1. The minimum Gasteiger partial charge on any atom is -0.486 e. The number of benzene rings is 2. The maximum atomic E-state index is 12.8. The first kappa shape index (κ1) is 17.5. The molecule has 0 aliphatic carbocycles. The number of fused-ring (bicyclic) bond motifs is 1. The summed E-state index contributed by atoms with van der Waals surface area (Å²) in [5.74, 6) is 2.15. The molecule has 5 nitrogen and oxygen atoms in total. The molecule has 0 amide bonds. The van der Waals surface area contributed by atoms with Gasteiger partial charge < -0.3 is 9.47 Å². The van der Waals surface area contributed by atoms with Gasteiger partial charge in [0.2, 0.25) is 10.0 Å². The largest absolute Gasteiger partial charge is 0.486 e. The first-order chi connectivity index (χ1) is 12.6. The summed E-state index contributed by atoms with van der Waals surface area (Å²) in [5.41, 5.74) is 1.77. The lowest BCUT2D eigenvalue weighted by Gasteiger charge is -2.24. The summed E-state index contributed by atoms with van der Waals surface area (Å²) in [6, 6.07) is 15.1. The van der Waals surface area contributed by atoms with Crippen LogP contribution in [0.3, 0.4) is 0 Å². The Kier molecular flexibility index (Phi) is 4.93. The van der Waals surface area contributed by atoms with Gasteiger partial charge in [0.15, 0.2) is 11.5 Å². The standard InChI is InChI=1S/C19H19NO4S2/c21-26(22,13-8-15-4-2-1-3-5-15)20-9-12-25-19(20)16-6-7-17-18(14-16)24-11-10-23-17/h1-8,13-14,19H,9-12H2. The molecule has 2 aliphatic rings. The Hall–Kier alpha value is -1.96. The third-order valence-corrected chi connectivity index (χ3v) is 7.18. The van der Waals surface area contributed by atoms with Gasteiger partial charge in [0.05, 0.1) is 5.37 Å². The minimum absolute atomic E-state index is 0.253. The first-order valence-electron chi connectivity index (χ1n) is 8.40. The Morgan fingerprint density at radius 3 is 2.62 bits per heavy atom. The molecule has 0 radical (unpaired) electrons. The van der Waals surface area contributed by atoms with Crippen LogP contribution < -0.4 is 9.47 Å². The monoisotopic (exact) mass is 389 g/mol. The third-order valence-electron chi connectivity index (χ3n) is 4.26. The van der Waals surface area contributed by atoms with Crippen molar-refractivity contribution in [2.45, 2.75) is 5.37 Å². The molecule has 1 saturated heterocycles. The lowest BCUT2D eigenvalue weighted by molar-refractivity contribution is 0.171. The van der Waals surface area contributed by atoms with E-state index in [0.29, 0.717) is 31.3 Å². The Balaban J connectivity index is 1.59. The minimum atomic E-state index is -3.52. The second-order valence-electron chi connectivity index (χ2n) is 6.00. The first-order valence-corrected chi connectivity index (χ1v) is 10.9. The Morgan fingerprint density at radius 1 is 1.04 bits per heavy atom. The van der Waals surface area contributed by atoms with Crippen LogP contribution in [0.25, 0.3) is 6.08 Å². The SMILES string of the molecule is O=S(=O)(C=Cc1ccccc1)N1CCSC1c1ccc2c(c1)OCCO2. The van der Waals surface area contributed by atoms with Crippen LogP contribution in [0.4, 0.5) is 0 Å².